The van der Waals surface area contributed by atoms with Gasteiger partial charge in [-0.15, -0.1) is 11.3 Å². The van der Waals surface area contributed by atoms with Gasteiger partial charge in [-0.05, 0) is 26.0 Å². The van der Waals surface area contributed by atoms with Gasteiger partial charge in [-0.1, -0.05) is 19.6 Å². The molecule has 1 N–H and O–H groups in total. The Labute approximate surface area is 228 Å². The molecule has 0 aliphatic rings. The average molecular weight is 556 g/mol. The number of nitrogens with one attached hydrogen (secondary N) is 1. The third-order valence-corrected chi connectivity index (χ3v) is 8.63. The van der Waals surface area contributed by atoms with E-state index in [1.54, 1.807) is 12.0 Å². The van der Waals surface area contributed by atoms with Crippen LogP contribution >= 0.6 is 11.3 Å². The summed E-state index contributed by atoms with van der Waals surface area (Å²) in [5.41, 5.74) is 4.04. The van der Waals surface area contributed by atoms with Crippen molar-refractivity contribution in [3.05, 3.63) is 47.5 Å². The van der Waals surface area contributed by atoms with Crippen LogP contribution in [0.3, 0.4) is 0 Å². The monoisotopic (exact) mass is 555 g/mol. The van der Waals surface area contributed by atoms with Crippen LogP contribution in [0.15, 0.2) is 36.2 Å². The number of carbonyl (C=O) groups excluding carboxylic acids is 1. The van der Waals surface area contributed by atoms with E-state index in [1.165, 1.54) is 11.3 Å². The van der Waals surface area contributed by atoms with Crippen LogP contribution < -0.4 is 5.32 Å². The number of rotatable bonds is 13. The quantitative estimate of drug-likeness (QED) is 0.180. The van der Waals surface area contributed by atoms with Gasteiger partial charge >= 0.3 is 0 Å². The SMILES string of the molecule is CCN(CCOC)C(=O)c1csc(Nc2nc(C)cn3c(-c4cnn(COCC[Si](C)(C)C)c4)cnc23)c1. The summed E-state index contributed by atoms with van der Waals surface area (Å²) in [6, 6.07) is 2.99. The number of imidazole rings is 1. The zero-order chi connectivity index (χ0) is 27.3. The fourth-order valence-corrected chi connectivity index (χ4v) is 5.46. The zero-order valence-corrected chi connectivity index (χ0v) is 24.8. The highest BCUT2D eigenvalue weighted by Gasteiger charge is 2.18. The Morgan fingerprint density at radius 1 is 1.21 bits per heavy atom. The highest BCUT2D eigenvalue weighted by Crippen LogP contribution is 2.29. The van der Waals surface area contributed by atoms with Gasteiger partial charge in [0.2, 0.25) is 0 Å². The van der Waals surface area contributed by atoms with E-state index < -0.39 is 8.07 Å². The molecule has 12 heteroatoms. The Bertz CT molecular complexity index is 1370. The number of carbonyl (C=O) groups is 1. The molecule has 204 valence electrons. The summed E-state index contributed by atoms with van der Waals surface area (Å²) in [6.45, 7) is 13.8. The molecule has 38 heavy (non-hydrogen) atoms. The van der Waals surface area contributed by atoms with E-state index in [0.29, 0.717) is 43.5 Å². The minimum absolute atomic E-state index is 0.0132. The lowest BCUT2D eigenvalue weighted by molar-refractivity contribution is 0.0707. The van der Waals surface area contributed by atoms with Gasteiger partial charge < -0.3 is 19.7 Å². The van der Waals surface area contributed by atoms with Crippen LogP contribution in [0.1, 0.15) is 23.0 Å². The van der Waals surface area contributed by atoms with Crippen LogP contribution in [0.5, 0.6) is 0 Å². The number of thiophene rings is 1. The first-order valence-corrected chi connectivity index (χ1v) is 17.4. The molecule has 4 heterocycles. The molecule has 4 aromatic rings. The lowest BCUT2D eigenvalue weighted by Gasteiger charge is -2.19. The molecule has 0 aliphatic carbocycles. The maximum absolute atomic E-state index is 12.9. The lowest BCUT2D eigenvalue weighted by Crippen LogP contribution is -2.33. The van der Waals surface area contributed by atoms with Crippen LogP contribution in [0, 0.1) is 6.92 Å². The molecule has 0 atom stereocenters. The first-order valence-electron chi connectivity index (χ1n) is 12.8. The number of ether oxygens (including phenoxy) is 2. The number of amides is 1. The Morgan fingerprint density at radius 2 is 2.03 bits per heavy atom. The van der Waals surface area contributed by atoms with Crippen molar-refractivity contribution in [2.75, 3.05) is 38.7 Å². The molecule has 0 bridgehead atoms. The maximum Gasteiger partial charge on any atom is 0.254 e. The normalized spacial score (nSPS) is 11.8. The molecule has 0 fully saturated rings. The van der Waals surface area contributed by atoms with E-state index in [0.717, 1.165) is 34.6 Å². The van der Waals surface area contributed by atoms with Crippen LogP contribution in [-0.4, -0.2) is 76.4 Å². The van der Waals surface area contributed by atoms with Gasteiger partial charge in [-0.2, -0.15) is 5.10 Å². The number of nitrogens with zero attached hydrogens (tertiary/aromatic N) is 6. The first-order chi connectivity index (χ1) is 18.2. The molecule has 4 rings (SSSR count). The standard InChI is InChI=1S/C26H37N7O3SSi/c1-7-31(8-9-35-3)26(34)20-12-23(37-17-20)30-24-25-27-14-22(33(25)15-19(2)29-24)21-13-28-32(16-21)18-36-10-11-38(4,5)6/h12-17H,7-11,18H2,1-6H3,(H,29,30). The second kappa shape index (κ2) is 12.2. The Balaban J connectivity index is 1.50. The molecule has 0 radical (unpaired) electrons. The van der Waals surface area contributed by atoms with Gasteiger partial charge in [0.1, 0.15) is 6.73 Å². The molecular weight excluding hydrogens is 518 g/mol. The van der Waals surface area contributed by atoms with Crippen molar-refractivity contribution in [3.63, 3.8) is 0 Å². The van der Waals surface area contributed by atoms with Gasteiger partial charge in [0, 0.05) is 58.2 Å². The summed E-state index contributed by atoms with van der Waals surface area (Å²) in [5.74, 6) is 0.617. The Hall–Kier alpha value is -3.06. The van der Waals surface area contributed by atoms with E-state index in [9.17, 15) is 4.79 Å². The molecule has 0 saturated carbocycles. The van der Waals surface area contributed by atoms with Crippen molar-refractivity contribution >= 4 is 41.8 Å². The summed E-state index contributed by atoms with van der Waals surface area (Å²) in [7, 11) is 0.517. The number of aromatic nitrogens is 5. The molecule has 4 aromatic heterocycles. The molecule has 1 amide bonds. The molecule has 0 unspecified atom stereocenters. The van der Waals surface area contributed by atoms with Gasteiger partial charge in [0.25, 0.3) is 5.91 Å². The minimum Gasteiger partial charge on any atom is -0.383 e. The molecule has 10 nitrogen and oxygen atoms in total. The van der Waals surface area contributed by atoms with Crippen LogP contribution in [0.4, 0.5) is 10.8 Å². The molecular formula is C26H37N7O3SSi. The predicted octanol–water partition coefficient (Wildman–Crippen LogP) is 5.13. The minimum atomic E-state index is -1.12. The number of aryl methyl sites for hydroxylation is 1. The van der Waals surface area contributed by atoms with E-state index in [-0.39, 0.29) is 5.91 Å². The van der Waals surface area contributed by atoms with Gasteiger partial charge in [-0.3, -0.25) is 9.20 Å². The topological polar surface area (TPSA) is 98.8 Å². The van der Waals surface area contributed by atoms with Crippen molar-refractivity contribution in [1.82, 2.24) is 29.0 Å². The van der Waals surface area contributed by atoms with Gasteiger partial charge in [0.15, 0.2) is 11.5 Å². The Kier molecular flexibility index (Phi) is 8.97. The highest BCUT2D eigenvalue weighted by atomic mass is 32.1. The van der Waals surface area contributed by atoms with E-state index in [4.69, 9.17) is 9.47 Å². The second-order valence-corrected chi connectivity index (χ2v) is 16.9. The smallest absolute Gasteiger partial charge is 0.254 e. The number of anilines is 2. The van der Waals surface area contributed by atoms with Crippen LogP contribution in [-0.2, 0) is 16.2 Å². The van der Waals surface area contributed by atoms with Crippen molar-refractivity contribution in [2.45, 2.75) is 46.3 Å². The van der Waals surface area contributed by atoms with Crippen LogP contribution in [0.25, 0.3) is 16.9 Å². The third-order valence-electron chi connectivity index (χ3n) is 6.08. The summed E-state index contributed by atoms with van der Waals surface area (Å²) in [6.07, 6.45) is 7.59. The van der Waals surface area contributed by atoms with Crippen molar-refractivity contribution in [3.8, 4) is 11.3 Å². The summed E-state index contributed by atoms with van der Waals surface area (Å²) < 4.78 is 14.8. The van der Waals surface area contributed by atoms with Crippen molar-refractivity contribution < 1.29 is 14.3 Å². The van der Waals surface area contributed by atoms with Crippen molar-refractivity contribution in [2.24, 2.45) is 0 Å². The van der Waals surface area contributed by atoms with Gasteiger partial charge in [0.05, 0.1) is 41.0 Å². The zero-order valence-electron chi connectivity index (χ0n) is 23.0. The fraction of sp³-hybridized carbons (Fsp3) is 0.462. The summed E-state index contributed by atoms with van der Waals surface area (Å²) in [4.78, 5) is 24.0. The van der Waals surface area contributed by atoms with E-state index >= 15 is 0 Å². The van der Waals surface area contributed by atoms with E-state index in [1.807, 2.05) is 59.2 Å². The molecule has 0 saturated heterocycles. The molecule has 0 aliphatic heterocycles. The average Bonchev–Trinajstić information content (AvgIpc) is 3.61. The fourth-order valence-electron chi connectivity index (χ4n) is 3.93. The largest absolute Gasteiger partial charge is 0.383 e. The number of hydrogen-bond donors (Lipinski definition) is 1. The number of methoxy groups -OCH3 is 1. The maximum atomic E-state index is 12.9. The summed E-state index contributed by atoms with van der Waals surface area (Å²) in [5, 5.41) is 10.5. The third kappa shape index (κ3) is 6.87. The Morgan fingerprint density at radius 3 is 2.76 bits per heavy atom. The predicted molar refractivity (Wildman–Crippen MR) is 154 cm³/mol. The highest BCUT2D eigenvalue weighted by molar-refractivity contribution is 7.14. The van der Waals surface area contributed by atoms with Crippen molar-refractivity contribution in [1.29, 1.82) is 0 Å². The second-order valence-electron chi connectivity index (χ2n) is 10.4. The summed E-state index contributed by atoms with van der Waals surface area (Å²) >= 11 is 1.46. The first kappa shape index (κ1) is 28.0. The van der Waals surface area contributed by atoms with E-state index in [2.05, 4.69) is 40.0 Å². The number of likely N-dealkylation sites (N-methyl/N-ethyl adjacent to an activating group) is 1. The molecule has 0 spiro atoms. The molecule has 0 aromatic carbocycles. The number of hydrogen-bond acceptors (Lipinski definition) is 8. The number of fused-ring (bicyclic) bond motifs is 1. The lowest BCUT2D eigenvalue weighted by atomic mass is 10.3. The van der Waals surface area contributed by atoms with Crippen LogP contribution in [0.2, 0.25) is 25.7 Å². The van der Waals surface area contributed by atoms with Gasteiger partial charge in [-0.25, -0.2) is 14.6 Å².